The van der Waals surface area contributed by atoms with E-state index in [1.165, 1.54) is 11.1 Å². The predicted octanol–water partition coefficient (Wildman–Crippen LogP) is 13.2. The molecule has 0 spiro atoms. The van der Waals surface area contributed by atoms with Crippen LogP contribution in [0, 0.1) is 0 Å². The van der Waals surface area contributed by atoms with Crippen LogP contribution in [-0.4, -0.2) is 19.9 Å². The Morgan fingerprint density at radius 3 is 1.38 bits per heavy atom. The van der Waals surface area contributed by atoms with Crippen molar-refractivity contribution in [2.45, 2.75) is 0 Å². The lowest BCUT2D eigenvalue weighted by Gasteiger charge is -2.13. The van der Waals surface area contributed by atoms with Gasteiger partial charge in [0, 0.05) is 38.6 Å². The van der Waals surface area contributed by atoms with E-state index in [0.29, 0.717) is 11.6 Å². The number of benzene rings is 8. The van der Waals surface area contributed by atoms with Crippen LogP contribution in [0.1, 0.15) is 0 Å². The van der Waals surface area contributed by atoms with Gasteiger partial charge in [-0.25, -0.2) is 19.9 Å². The molecule has 2 heterocycles. The summed E-state index contributed by atoms with van der Waals surface area (Å²) in [6, 6.07) is 71.6. The van der Waals surface area contributed by atoms with Gasteiger partial charge in [0.15, 0.2) is 11.6 Å². The summed E-state index contributed by atoms with van der Waals surface area (Å²) >= 11 is 0. The fourth-order valence-corrected chi connectivity index (χ4v) is 7.41. The van der Waals surface area contributed by atoms with Gasteiger partial charge in [0.05, 0.1) is 22.6 Å². The van der Waals surface area contributed by atoms with E-state index in [0.717, 1.165) is 77.7 Å². The topological polar surface area (TPSA) is 51.6 Å². The standard InChI is InChI=1S/C52H34N4/c1-5-14-35(15-6-1)36-24-27-38(28-25-36)47-34-48(54-51(53-47)40-18-9-3-10-19-40)44-23-13-22-42(32-44)43-29-26-37-30-31-45-49(39-16-7-2-8-17-39)55-52(41-20-11-4-12-21-41)56-50(45)46(37)33-43/h1-34H. The first-order valence-electron chi connectivity index (χ1n) is 18.8. The summed E-state index contributed by atoms with van der Waals surface area (Å²) in [6.45, 7) is 0. The molecule has 10 rings (SSSR count). The monoisotopic (exact) mass is 714 g/mol. The number of aromatic nitrogens is 4. The second kappa shape index (κ2) is 14.3. The molecule has 0 fully saturated rings. The molecule has 0 N–H and O–H groups in total. The number of rotatable bonds is 7. The zero-order valence-electron chi connectivity index (χ0n) is 30.4. The van der Waals surface area contributed by atoms with Crippen LogP contribution in [0.25, 0.3) is 100 Å². The molecule has 0 unspecified atom stereocenters. The van der Waals surface area contributed by atoms with Crippen molar-refractivity contribution in [3.63, 3.8) is 0 Å². The van der Waals surface area contributed by atoms with E-state index in [1.54, 1.807) is 0 Å². The van der Waals surface area contributed by atoms with Crippen molar-refractivity contribution in [1.29, 1.82) is 0 Å². The van der Waals surface area contributed by atoms with Crippen LogP contribution in [0.3, 0.4) is 0 Å². The predicted molar refractivity (Wildman–Crippen MR) is 231 cm³/mol. The minimum absolute atomic E-state index is 0.691. The van der Waals surface area contributed by atoms with Crippen LogP contribution >= 0.6 is 0 Å². The van der Waals surface area contributed by atoms with Gasteiger partial charge in [0.1, 0.15) is 0 Å². The molecule has 56 heavy (non-hydrogen) atoms. The first-order valence-corrected chi connectivity index (χ1v) is 18.8. The summed E-state index contributed by atoms with van der Waals surface area (Å²) < 4.78 is 0. The number of hydrogen-bond acceptors (Lipinski definition) is 4. The van der Waals surface area contributed by atoms with Gasteiger partial charge in [-0.05, 0) is 51.9 Å². The summed E-state index contributed by atoms with van der Waals surface area (Å²) in [4.78, 5) is 20.6. The Morgan fingerprint density at radius 2 is 0.714 bits per heavy atom. The lowest BCUT2D eigenvalue weighted by molar-refractivity contribution is 1.18. The molecule has 8 aromatic carbocycles. The minimum atomic E-state index is 0.691. The van der Waals surface area contributed by atoms with Gasteiger partial charge in [0.2, 0.25) is 0 Å². The zero-order chi connectivity index (χ0) is 37.3. The van der Waals surface area contributed by atoms with Crippen molar-refractivity contribution in [1.82, 2.24) is 19.9 Å². The normalized spacial score (nSPS) is 11.2. The Hall–Kier alpha value is -7.56. The maximum absolute atomic E-state index is 5.23. The third-order valence-corrected chi connectivity index (χ3v) is 10.3. The lowest BCUT2D eigenvalue weighted by atomic mass is 9.96. The fourth-order valence-electron chi connectivity index (χ4n) is 7.41. The van der Waals surface area contributed by atoms with Gasteiger partial charge in [-0.2, -0.15) is 0 Å². The van der Waals surface area contributed by atoms with Crippen molar-refractivity contribution in [3.8, 4) is 78.8 Å². The van der Waals surface area contributed by atoms with Crippen LogP contribution in [0.4, 0.5) is 0 Å². The highest BCUT2D eigenvalue weighted by molar-refractivity contribution is 6.10. The fraction of sp³-hybridized carbons (Fsp3) is 0. The largest absolute Gasteiger partial charge is 0.228 e. The summed E-state index contributed by atoms with van der Waals surface area (Å²) in [5, 5.41) is 3.23. The highest BCUT2D eigenvalue weighted by Crippen LogP contribution is 2.36. The molecule has 262 valence electrons. The highest BCUT2D eigenvalue weighted by Gasteiger charge is 2.16. The maximum Gasteiger partial charge on any atom is 0.160 e. The third kappa shape index (κ3) is 6.40. The molecule has 0 bridgehead atoms. The average molecular weight is 715 g/mol. The Balaban J connectivity index is 1.09. The van der Waals surface area contributed by atoms with E-state index in [4.69, 9.17) is 19.9 Å². The molecule has 0 atom stereocenters. The molecule has 0 saturated heterocycles. The van der Waals surface area contributed by atoms with Gasteiger partial charge in [-0.3, -0.25) is 0 Å². The quantitative estimate of drug-likeness (QED) is 0.154. The molecule has 10 aromatic rings. The smallest absolute Gasteiger partial charge is 0.160 e. The van der Waals surface area contributed by atoms with E-state index in [1.807, 2.05) is 48.5 Å². The third-order valence-electron chi connectivity index (χ3n) is 10.3. The number of hydrogen-bond donors (Lipinski definition) is 0. The SMILES string of the molecule is c1ccc(-c2ccc(-c3cc(-c4cccc(-c5ccc6ccc7c(-c8ccccc8)nc(-c8ccccc8)nc7c6c5)c4)nc(-c4ccccc4)n3)cc2)cc1. The Labute approximate surface area is 325 Å². The molecule has 4 heteroatoms. The van der Waals surface area contributed by atoms with Crippen LogP contribution < -0.4 is 0 Å². The van der Waals surface area contributed by atoms with Gasteiger partial charge in [-0.15, -0.1) is 0 Å². The summed E-state index contributed by atoms with van der Waals surface area (Å²) in [5.41, 5.74) is 13.2. The molecule has 0 aliphatic heterocycles. The molecule has 4 nitrogen and oxygen atoms in total. The van der Waals surface area contributed by atoms with E-state index in [-0.39, 0.29) is 0 Å². The second-order valence-electron chi connectivity index (χ2n) is 13.9. The van der Waals surface area contributed by atoms with E-state index < -0.39 is 0 Å². The molecule has 0 aliphatic carbocycles. The lowest BCUT2D eigenvalue weighted by Crippen LogP contribution is -1.96. The van der Waals surface area contributed by atoms with Crippen molar-refractivity contribution in [3.05, 3.63) is 206 Å². The van der Waals surface area contributed by atoms with Crippen molar-refractivity contribution in [2.24, 2.45) is 0 Å². The summed E-state index contributed by atoms with van der Waals surface area (Å²) in [6.07, 6.45) is 0. The van der Waals surface area contributed by atoms with Crippen LogP contribution in [0.15, 0.2) is 206 Å². The van der Waals surface area contributed by atoms with E-state index in [2.05, 4.69) is 158 Å². The van der Waals surface area contributed by atoms with Crippen LogP contribution in [-0.2, 0) is 0 Å². The molecular formula is C52H34N4. The second-order valence-corrected chi connectivity index (χ2v) is 13.9. The van der Waals surface area contributed by atoms with Crippen LogP contribution in [0.5, 0.6) is 0 Å². The number of fused-ring (bicyclic) bond motifs is 3. The van der Waals surface area contributed by atoms with E-state index >= 15 is 0 Å². The molecule has 0 radical (unpaired) electrons. The Morgan fingerprint density at radius 1 is 0.250 bits per heavy atom. The Kier molecular flexibility index (Phi) is 8.47. The molecule has 0 aliphatic rings. The number of nitrogens with zero attached hydrogens (tertiary/aromatic N) is 4. The first kappa shape index (κ1) is 33.0. The maximum atomic E-state index is 5.23. The summed E-state index contributed by atoms with van der Waals surface area (Å²) in [5.74, 6) is 1.40. The zero-order valence-corrected chi connectivity index (χ0v) is 30.4. The average Bonchev–Trinajstić information content (AvgIpc) is 3.29. The van der Waals surface area contributed by atoms with Gasteiger partial charge in [-0.1, -0.05) is 182 Å². The van der Waals surface area contributed by atoms with E-state index in [9.17, 15) is 0 Å². The first-order chi connectivity index (χ1) is 27.7. The van der Waals surface area contributed by atoms with Crippen molar-refractivity contribution in [2.75, 3.05) is 0 Å². The van der Waals surface area contributed by atoms with Crippen LogP contribution in [0.2, 0.25) is 0 Å². The Bertz CT molecular complexity index is 2980. The highest BCUT2D eigenvalue weighted by atomic mass is 14.9. The molecular weight excluding hydrogens is 681 g/mol. The molecule has 2 aromatic heterocycles. The van der Waals surface area contributed by atoms with Crippen molar-refractivity contribution < 1.29 is 0 Å². The molecule has 0 saturated carbocycles. The summed E-state index contributed by atoms with van der Waals surface area (Å²) in [7, 11) is 0. The minimum Gasteiger partial charge on any atom is -0.228 e. The van der Waals surface area contributed by atoms with Gasteiger partial charge >= 0.3 is 0 Å². The molecule has 0 amide bonds. The van der Waals surface area contributed by atoms with Crippen molar-refractivity contribution >= 4 is 21.7 Å². The van der Waals surface area contributed by atoms with Gasteiger partial charge in [0.25, 0.3) is 0 Å². The van der Waals surface area contributed by atoms with Gasteiger partial charge < -0.3 is 0 Å².